The van der Waals surface area contributed by atoms with Gasteiger partial charge in [0, 0.05) is 5.56 Å². The van der Waals surface area contributed by atoms with Gasteiger partial charge in [0.1, 0.15) is 5.88 Å². The summed E-state index contributed by atoms with van der Waals surface area (Å²) in [5.74, 6) is 0.990. The zero-order valence-electron chi connectivity index (χ0n) is 8.68. The maximum Gasteiger partial charge on any atom is 0.241 e. The summed E-state index contributed by atoms with van der Waals surface area (Å²) in [6.07, 6.45) is 0. The molecule has 0 bridgehead atoms. The predicted molar refractivity (Wildman–Crippen MR) is 69.7 cm³/mol. The van der Waals surface area contributed by atoms with Gasteiger partial charge in [0.05, 0.1) is 5.69 Å². The van der Waals surface area contributed by atoms with Crippen LogP contribution in [0, 0.1) is 0 Å². The third-order valence-corrected chi connectivity index (χ3v) is 2.34. The number of benzene rings is 1. The maximum absolute atomic E-state index is 5.60. The molecule has 5 nitrogen and oxygen atoms in total. The molecule has 1 aromatic heterocycles. The van der Waals surface area contributed by atoms with Crippen LogP contribution in [0.5, 0.6) is 0 Å². The van der Waals surface area contributed by atoms with Crippen LogP contribution in [0.15, 0.2) is 28.8 Å². The molecule has 0 aliphatic rings. The molecule has 0 saturated carbocycles. The standard InChI is InChI=1S/C10H9ClN4OS/c11-5-8-14-9(15-16-8)6-3-1-2-4-7(6)13-10(12)17/h1-4H,5H2,(H3,12,13,17). The van der Waals surface area contributed by atoms with Crippen LogP contribution in [0.25, 0.3) is 11.4 Å². The van der Waals surface area contributed by atoms with E-state index < -0.39 is 0 Å². The van der Waals surface area contributed by atoms with E-state index in [1.807, 2.05) is 24.3 Å². The Morgan fingerprint density at radius 1 is 1.47 bits per heavy atom. The van der Waals surface area contributed by atoms with E-state index in [1.165, 1.54) is 0 Å². The van der Waals surface area contributed by atoms with Gasteiger partial charge in [0.15, 0.2) is 5.11 Å². The molecule has 0 atom stereocenters. The first-order valence-corrected chi connectivity index (χ1v) is 5.69. The highest BCUT2D eigenvalue weighted by Gasteiger charge is 2.11. The molecule has 1 aromatic carbocycles. The van der Waals surface area contributed by atoms with Gasteiger partial charge in [-0.1, -0.05) is 17.3 Å². The molecule has 0 aliphatic heterocycles. The second-order valence-corrected chi connectivity index (χ2v) is 3.89. The number of alkyl halides is 1. The third kappa shape index (κ3) is 2.72. The summed E-state index contributed by atoms with van der Waals surface area (Å²) in [7, 11) is 0. The van der Waals surface area contributed by atoms with Crippen LogP contribution in [0.2, 0.25) is 0 Å². The Morgan fingerprint density at radius 2 is 2.24 bits per heavy atom. The molecule has 17 heavy (non-hydrogen) atoms. The first kappa shape index (κ1) is 11.8. The maximum atomic E-state index is 5.60. The van der Waals surface area contributed by atoms with E-state index >= 15 is 0 Å². The molecular weight excluding hydrogens is 260 g/mol. The number of aromatic nitrogens is 2. The molecule has 0 unspecified atom stereocenters. The number of thiocarbonyl (C=S) groups is 1. The fraction of sp³-hybridized carbons (Fsp3) is 0.100. The van der Waals surface area contributed by atoms with Crippen molar-refractivity contribution in [3.63, 3.8) is 0 Å². The lowest BCUT2D eigenvalue weighted by Gasteiger charge is -2.07. The van der Waals surface area contributed by atoms with E-state index in [9.17, 15) is 0 Å². The van der Waals surface area contributed by atoms with Crippen LogP contribution >= 0.6 is 23.8 Å². The normalized spacial score (nSPS) is 10.2. The minimum Gasteiger partial charge on any atom is -0.376 e. The van der Waals surface area contributed by atoms with Crippen molar-refractivity contribution in [1.82, 2.24) is 10.1 Å². The number of halogens is 1. The largest absolute Gasteiger partial charge is 0.376 e. The highest BCUT2D eigenvalue weighted by Crippen LogP contribution is 2.25. The van der Waals surface area contributed by atoms with Gasteiger partial charge < -0.3 is 15.6 Å². The van der Waals surface area contributed by atoms with Crippen LogP contribution in [0.4, 0.5) is 5.69 Å². The van der Waals surface area contributed by atoms with Gasteiger partial charge in [0.2, 0.25) is 11.7 Å². The van der Waals surface area contributed by atoms with Gasteiger partial charge in [-0.3, -0.25) is 0 Å². The van der Waals surface area contributed by atoms with Gasteiger partial charge in [0.25, 0.3) is 0 Å². The number of hydrogen-bond donors (Lipinski definition) is 2. The Bertz CT molecular complexity index is 543. The summed E-state index contributed by atoms with van der Waals surface area (Å²) in [5, 5.41) is 6.86. The van der Waals surface area contributed by atoms with Gasteiger partial charge in [-0.25, -0.2) is 0 Å². The van der Waals surface area contributed by atoms with E-state index in [4.69, 9.17) is 34.1 Å². The van der Waals surface area contributed by atoms with Crippen molar-refractivity contribution in [3.8, 4) is 11.4 Å². The van der Waals surface area contributed by atoms with Gasteiger partial charge >= 0.3 is 0 Å². The van der Waals surface area contributed by atoms with Crippen molar-refractivity contribution in [1.29, 1.82) is 0 Å². The lowest BCUT2D eigenvalue weighted by atomic mass is 10.1. The predicted octanol–water partition coefficient (Wildman–Crippen LogP) is 2.13. The zero-order valence-corrected chi connectivity index (χ0v) is 10.3. The molecule has 0 saturated heterocycles. The Labute approximate surface area is 108 Å². The molecule has 88 valence electrons. The Hall–Kier alpha value is -1.66. The van der Waals surface area contributed by atoms with Crippen molar-refractivity contribution in [2.24, 2.45) is 5.73 Å². The zero-order chi connectivity index (χ0) is 12.3. The summed E-state index contributed by atoms with van der Waals surface area (Å²) in [5.41, 5.74) is 6.91. The summed E-state index contributed by atoms with van der Waals surface area (Å²) in [6, 6.07) is 7.37. The number of nitrogens with two attached hydrogens (primary N) is 1. The molecule has 0 fully saturated rings. The molecule has 3 N–H and O–H groups in total. The van der Waals surface area contributed by atoms with Crippen molar-refractivity contribution < 1.29 is 4.52 Å². The summed E-state index contributed by atoms with van der Waals surface area (Å²) in [4.78, 5) is 4.13. The summed E-state index contributed by atoms with van der Waals surface area (Å²) >= 11 is 10.4. The lowest BCUT2D eigenvalue weighted by Crippen LogP contribution is -2.19. The molecule has 7 heteroatoms. The topological polar surface area (TPSA) is 77.0 Å². The molecule has 1 heterocycles. The fourth-order valence-electron chi connectivity index (χ4n) is 1.34. The molecule has 2 aromatic rings. The van der Waals surface area contributed by atoms with E-state index in [2.05, 4.69) is 15.5 Å². The Kier molecular flexibility index (Phi) is 3.55. The average molecular weight is 269 g/mol. The fourth-order valence-corrected chi connectivity index (χ4v) is 1.56. The minimum atomic E-state index is 0.178. The van der Waals surface area contributed by atoms with E-state index in [0.717, 1.165) is 11.3 Å². The highest BCUT2D eigenvalue weighted by atomic mass is 35.5. The van der Waals surface area contributed by atoms with Gasteiger partial charge in [-0.2, -0.15) is 4.98 Å². The minimum absolute atomic E-state index is 0.178. The smallest absolute Gasteiger partial charge is 0.241 e. The van der Waals surface area contributed by atoms with Crippen molar-refractivity contribution in [3.05, 3.63) is 30.2 Å². The molecule has 0 amide bonds. The molecule has 0 aliphatic carbocycles. The van der Waals surface area contributed by atoms with E-state index in [-0.39, 0.29) is 11.0 Å². The van der Waals surface area contributed by atoms with Crippen LogP contribution < -0.4 is 11.1 Å². The number of hydrogen-bond acceptors (Lipinski definition) is 4. The lowest BCUT2D eigenvalue weighted by molar-refractivity contribution is 0.391. The second-order valence-electron chi connectivity index (χ2n) is 3.18. The first-order valence-electron chi connectivity index (χ1n) is 4.75. The molecule has 0 radical (unpaired) electrons. The second kappa shape index (κ2) is 5.11. The Balaban J connectivity index is 2.40. The van der Waals surface area contributed by atoms with Crippen molar-refractivity contribution in [2.45, 2.75) is 5.88 Å². The number of nitrogens with one attached hydrogen (secondary N) is 1. The van der Waals surface area contributed by atoms with Crippen LogP contribution in [-0.2, 0) is 5.88 Å². The molecule has 0 spiro atoms. The SMILES string of the molecule is NC(=S)Nc1ccccc1-c1noc(CCl)n1. The summed E-state index contributed by atoms with van der Waals surface area (Å²) in [6.45, 7) is 0. The number of para-hydroxylation sites is 1. The van der Waals surface area contributed by atoms with Crippen LogP contribution in [0.1, 0.15) is 5.89 Å². The van der Waals surface area contributed by atoms with E-state index in [0.29, 0.717) is 11.7 Å². The Morgan fingerprint density at radius 3 is 2.88 bits per heavy atom. The van der Waals surface area contributed by atoms with Crippen LogP contribution in [0.3, 0.4) is 0 Å². The average Bonchev–Trinajstić information content (AvgIpc) is 2.77. The van der Waals surface area contributed by atoms with Gasteiger partial charge in [-0.15, -0.1) is 11.6 Å². The highest BCUT2D eigenvalue weighted by molar-refractivity contribution is 7.80. The number of anilines is 1. The number of nitrogens with zero attached hydrogens (tertiary/aromatic N) is 2. The monoisotopic (exact) mass is 268 g/mol. The number of rotatable bonds is 3. The molecular formula is C10H9ClN4OS. The van der Waals surface area contributed by atoms with Crippen molar-refractivity contribution in [2.75, 3.05) is 5.32 Å². The summed E-state index contributed by atoms with van der Waals surface area (Å²) < 4.78 is 4.94. The van der Waals surface area contributed by atoms with Crippen molar-refractivity contribution >= 4 is 34.6 Å². The first-order chi connectivity index (χ1) is 8.20. The van der Waals surface area contributed by atoms with E-state index in [1.54, 1.807) is 0 Å². The van der Waals surface area contributed by atoms with Crippen LogP contribution in [-0.4, -0.2) is 15.3 Å². The third-order valence-electron chi connectivity index (χ3n) is 2.01. The molecule has 2 rings (SSSR count). The quantitative estimate of drug-likeness (QED) is 0.656. The van der Waals surface area contributed by atoms with Gasteiger partial charge in [-0.05, 0) is 24.4 Å².